The monoisotopic (exact) mass is 344 g/mol. The zero-order chi connectivity index (χ0) is 16.4. The van der Waals surface area contributed by atoms with E-state index in [-0.39, 0.29) is 17.6 Å². The Balaban J connectivity index is 1.41. The highest BCUT2D eigenvalue weighted by molar-refractivity contribution is 7.08. The Bertz CT molecular complexity index is 694. The largest absolute Gasteiger partial charge is 0.371 e. The molecule has 0 bridgehead atoms. The number of hydrogen-bond acceptors (Lipinski definition) is 6. The van der Waals surface area contributed by atoms with Crippen molar-refractivity contribution in [1.82, 2.24) is 14.9 Å². The Kier molecular flexibility index (Phi) is 4.20. The normalized spacial score (nSPS) is 26.7. The zero-order valence-electron chi connectivity index (χ0n) is 13.4. The van der Waals surface area contributed by atoms with E-state index in [0.29, 0.717) is 19.1 Å². The molecule has 24 heavy (non-hydrogen) atoms. The molecule has 7 heteroatoms. The molecular formula is C17H20N4O2S. The summed E-state index contributed by atoms with van der Waals surface area (Å²) in [5, 5.41) is 7.19. The molecule has 126 valence electrons. The minimum atomic E-state index is -0.240. The first kappa shape index (κ1) is 15.5. The van der Waals surface area contributed by atoms with Crippen LogP contribution in [0.5, 0.6) is 0 Å². The van der Waals surface area contributed by atoms with E-state index >= 15 is 0 Å². The number of likely N-dealkylation sites (tertiary alicyclic amines) is 1. The summed E-state index contributed by atoms with van der Waals surface area (Å²) in [7, 11) is 0. The SMILES string of the molecule is O=C(c1ccsc1)N1CCC[C@@]2(C[C@@H](Nc3ncccn3)CO2)C1. The molecule has 0 unspecified atom stereocenters. The van der Waals surface area contributed by atoms with Gasteiger partial charge in [0.1, 0.15) is 0 Å². The molecule has 2 aromatic heterocycles. The molecule has 2 fully saturated rings. The van der Waals surface area contributed by atoms with Gasteiger partial charge in [-0.25, -0.2) is 9.97 Å². The predicted octanol–water partition coefficient (Wildman–Crippen LogP) is 2.41. The van der Waals surface area contributed by atoms with Crippen LogP contribution in [0, 0.1) is 0 Å². The summed E-state index contributed by atoms with van der Waals surface area (Å²) in [5.74, 6) is 0.742. The molecule has 4 heterocycles. The summed E-state index contributed by atoms with van der Waals surface area (Å²) in [5.41, 5.74) is 0.540. The minimum Gasteiger partial charge on any atom is -0.371 e. The van der Waals surface area contributed by atoms with Crippen LogP contribution in [-0.2, 0) is 4.74 Å². The van der Waals surface area contributed by atoms with Gasteiger partial charge in [-0.2, -0.15) is 11.3 Å². The average molecular weight is 344 g/mol. The third-order valence-electron chi connectivity index (χ3n) is 4.70. The molecule has 2 atom stereocenters. The molecule has 6 nitrogen and oxygen atoms in total. The number of rotatable bonds is 3. The van der Waals surface area contributed by atoms with Crippen LogP contribution in [-0.4, -0.2) is 52.1 Å². The molecule has 2 saturated heterocycles. The van der Waals surface area contributed by atoms with Gasteiger partial charge in [0.05, 0.1) is 30.4 Å². The quantitative estimate of drug-likeness (QED) is 0.926. The maximum Gasteiger partial charge on any atom is 0.254 e. The fraction of sp³-hybridized carbons (Fsp3) is 0.471. The van der Waals surface area contributed by atoms with Crippen molar-refractivity contribution in [3.8, 4) is 0 Å². The smallest absolute Gasteiger partial charge is 0.254 e. The lowest BCUT2D eigenvalue weighted by Gasteiger charge is -2.39. The second-order valence-corrected chi connectivity index (χ2v) is 7.23. The molecule has 2 aromatic rings. The van der Waals surface area contributed by atoms with Crippen molar-refractivity contribution in [1.29, 1.82) is 0 Å². The molecule has 1 amide bonds. The van der Waals surface area contributed by atoms with Gasteiger partial charge in [0.15, 0.2) is 0 Å². The second-order valence-electron chi connectivity index (χ2n) is 6.45. The Morgan fingerprint density at radius 3 is 3.08 bits per heavy atom. The van der Waals surface area contributed by atoms with Crippen molar-refractivity contribution < 1.29 is 9.53 Å². The Morgan fingerprint density at radius 2 is 2.29 bits per heavy atom. The third kappa shape index (κ3) is 3.14. The van der Waals surface area contributed by atoms with Gasteiger partial charge < -0.3 is 15.0 Å². The van der Waals surface area contributed by atoms with E-state index in [4.69, 9.17) is 4.74 Å². The Hall–Kier alpha value is -1.99. The number of nitrogens with one attached hydrogen (secondary N) is 1. The molecule has 0 saturated carbocycles. The number of carbonyl (C=O) groups is 1. The van der Waals surface area contributed by atoms with E-state index in [1.165, 1.54) is 0 Å². The van der Waals surface area contributed by atoms with E-state index in [0.717, 1.165) is 31.4 Å². The van der Waals surface area contributed by atoms with Gasteiger partial charge in [-0.05, 0) is 30.4 Å². The van der Waals surface area contributed by atoms with Crippen molar-refractivity contribution in [3.63, 3.8) is 0 Å². The highest BCUT2D eigenvalue weighted by Gasteiger charge is 2.44. The van der Waals surface area contributed by atoms with E-state index < -0.39 is 0 Å². The van der Waals surface area contributed by atoms with Gasteiger partial charge in [0.25, 0.3) is 5.91 Å². The lowest BCUT2D eigenvalue weighted by molar-refractivity contribution is -0.0447. The maximum atomic E-state index is 12.6. The first-order valence-corrected chi connectivity index (χ1v) is 9.17. The van der Waals surface area contributed by atoms with Crippen LogP contribution in [0.1, 0.15) is 29.6 Å². The summed E-state index contributed by atoms with van der Waals surface area (Å²) in [4.78, 5) is 23.0. The number of hydrogen-bond donors (Lipinski definition) is 1. The van der Waals surface area contributed by atoms with Crippen LogP contribution >= 0.6 is 11.3 Å². The Labute approximate surface area is 144 Å². The van der Waals surface area contributed by atoms with Crippen molar-refractivity contribution in [2.75, 3.05) is 25.0 Å². The van der Waals surface area contributed by atoms with Crippen LogP contribution in [0.2, 0.25) is 0 Å². The van der Waals surface area contributed by atoms with Crippen LogP contribution in [0.4, 0.5) is 5.95 Å². The average Bonchev–Trinajstić information content (AvgIpc) is 3.26. The van der Waals surface area contributed by atoms with Crippen molar-refractivity contribution in [2.45, 2.75) is 30.9 Å². The molecule has 4 rings (SSSR count). The lowest BCUT2D eigenvalue weighted by atomic mass is 9.88. The number of ether oxygens (including phenoxy) is 1. The van der Waals surface area contributed by atoms with Gasteiger partial charge in [0.2, 0.25) is 5.95 Å². The van der Waals surface area contributed by atoms with E-state index in [1.807, 2.05) is 21.7 Å². The predicted molar refractivity (Wildman–Crippen MR) is 92.2 cm³/mol. The van der Waals surface area contributed by atoms with E-state index in [9.17, 15) is 4.79 Å². The van der Waals surface area contributed by atoms with Gasteiger partial charge in [-0.3, -0.25) is 4.79 Å². The van der Waals surface area contributed by atoms with Crippen LogP contribution in [0.15, 0.2) is 35.3 Å². The summed E-state index contributed by atoms with van der Waals surface area (Å²) >= 11 is 1.55. The number of piperidine rings is 1. The highest BCUT2D eigenvalue weighted by atomic mass is 32.1. The number of amides is 1. The highest BCUT2D eigenvalue weighted by Crippen LogP contribution is 2.36. The molecular weight excluding hydrogens is 324 g/mol. The van der Waals surface area contributed by atoms with Gasteiger partial charge in [-0.1, -0.05) is 0 Å². The Morgan fingerprint density at radius 1 is 1.42 bits per heavy atom. The van der Waals surface area contributed by atoms with Gasteiger partial charge in [-0.15, -0.1) is 0 Å². The number of anilines is 1. The van der Waals surface area contributed by atoms with Crippen molar-refractivity contribution >= 4 is 23.2 Å². The lowest BCUT2D eigenvalue weighted by Crippen LogP contribution is -2.50. The van der Waals surface area contributed by atoms with E-state index in [1.54, 1.807) is 29.8 Å². The number of thiophene rings is 1. The number of aromatic nitrogens is 2. The summed E-state index contributed by atoms with van der Waals surface area (Å²) < 4.78 is 6.15. The molecule has 0 radical (unpaired) electrons. The van der Waals surface area contributed by atoms with Crippen molar-refractivity contribution in [3.05, 3.63) is 40.8 Å². The maximum absolute atomic E-state index is 12.6. The van der Waals surface area contributed by atoms with Gasteiger partial charge in [0, 0.05) is 30.7 Å². The standard InChI is InChI=1S/C17H20N4O2S/c22-15(13-3-8-24-11-13)21-7-1-4-17(12-21)9-14(10-23-17)20-16-18-5-2-6-19-16/h2-3,5-6,8,11,14H,1,4,7,9-10,12H2,(H,18,19,20)/t14-,17-/m1/s1. The molecule has 0 aromatic carbocycles. The topological polar surface area (TPSA) is 67.4 Å². The molecule has 1 N–H and O–H groups in total. The van der Waals surface area contributed by atoms with E-state index in [2.05, 4.69) is 15.3 Å². The summed E-state index contributed by atoms with van der Waals surface area (Å²) in [6.07, 6.45) is 6.29. The van der Waals surface area contributed by atoms with Crippen LogP contribution < -0.4 is 5.32 Å². The summed E-state index contributed by atoms with van der Waals surface area (Å²) in [6, 6.07) is 3.87. The summed E-state index contributed by atoms with van der Waals surface area (Å²) in [6.45, 7) is 2.09. The fourth-order valence-electron chi connectivity index (χ4n) is 3.62. The first-order chi connectivity index (χ1) is 11.7. The van der Waals surface area contributed by atoms with Gasteiger partial charge >= 0.3 is 0 Å². The number of carbonyl (C=O) groups excluding carboxylic acids is 1. The van der Waals surface area contributed by atoms with Crippen LogP contribution in [0.3, 0.4) is 0 Å². The van der Waals surface area contributed by atoms with Crippen LogP contribution in [0.25, 0.3) is 0 Å². The second kappa shape index (κ2) is 6.49. The molecule has 0 aliphatic carbocycles. The van der Waals surface area contributed by atoms with Crippen molar-refractivity contribution in [2.24, 2.45) is 0 Å². The zero-order valence-corrected chi connectivity index (χ0v) is 14.2. The molecule has 2 aliphatic heterocycles. The molecule has 2 aliphatic rings. The third-order valence-corrected chi connectivity index (χ3v) is 5.39. The minimum absolute atomic E-state index is 0.113. The number of nitrogens with zero attached hydrogens (tertiary/aromatic N) is 3. The first-order valence-electron chi connectivity index (χ1n) is 8.23. The fourth-order valence-corrected chi connectivity index (χ4v) is 4.25. The molecule has 1 spiro atoms.